The molecule has 1 aliphatic heterocycles. The Morgan fingerprint density at radius 3 is 2.64 bits per heavy atom. The van der Waals surface area contributed by atoms with Gasteiger partial charge in [0.05, 0.1) is 25.3 Å². The number of hydrogen-bond donors (Lipinski definition) is 1. The number of nitrogens with zero attached hydrogens (tertiary/aromatic N) is 1. The largest absolute Gasteiger partial charge is 0.495 e. The van der Waals surface area contributed by atoms with Gasteiger partial charge in [-0.15, -0.1) is 0 Å². The van der Waals surface area contributed by atoms with Crippen LogP contribution in [-0.4, -0.2) is 49.6 Å². The molecule has 0 spiro atoms. The van der Waals surface area contributed by atoms with Gasteiger partial charge in [-0.1, -0.05) is 11.6 Å². The lowest BCUT2D eigenvalue weighted by molar-refractivity contribution is -0.151. The molecule has 1 saturated heterocycles. The molecule has 25 heavy (non-hydrogen) atoms. The van der Waals surface area contributed by atoms with Gasteiger partial charge in [-0.05, 0) is 44.9 Å². The van der Waals surface area contributed by atoms with E-state index in [2.05, 4.69) is 5.32 Å². The average Bonchev–Trinajstić information content (AvgIpc) is 2.61. The van der Waals surface area contributed by atoms with Crippen LogP contribution < -0.4 is 10.1 Å². The van der Waals surface area contributed by atoms with Gasteiger partial charge >= 0.3 is 5.97 Å². The normalized spacial score (nSPS) is 16.2. The Kier molecular flexibility index (Phi) is 6.93. The lowest BCUT2D eigenvalue weighted by atomic mass is 9.96. The number of amides is 1. The third kappa shape index (κ3) is 5.01. The number of benzene rings is 1. The lowest BCUT2D eigenvalue weighted by Gasteiger charge is -2.33. The van der Waals surface area contributed by atoms with E-state index in [0.29, 0.717) is 49.0 Å². The van der Waals surface area contributed by atoms with Crippen LogP contribution in [0.15, 0.2) is 18.2 Å². The molecular weight excluding hydrogens is 344 g/mol. The van der Waals surface area contributed by atoms with Crippen molar-refractivity contribution in [2.24, 2.45) is 5.92 Å². The van der Waals surface area contributed by atoms with Crippen molar-refractivity contribution in [2.45, 2.75) is 32.7 Å². The predicted molar refractivity (Wildman–Crippen MR) is 97.0 cm³/mol. The van der Waals surface area contributed by atoms with Crippen molar-refractivity contribution in [3.05, 3.63) is 23.2 Å². The number of ether oxygens (including phenoxy) is 2. The summed E-state index contributed by atoms with van der Waals surface area (Å²) >= 11 is 6.02. The predicted octanol–water partition coefficient (Wildman–Crippen LogP) is 2.95. The first-order valence-corrected chi connectivity index (χ1v) is 8.89. The number of hydrogen-bond acceptors (Lipinski definition) is 5. The molecule has 7 heteroatoms. The highest BCUT2D eigenvalue weighted by molar-refractivity contribution is 6.30. The van der Waals surface area contributed by atoms with Crippen LogP contribution in [0.5, 0.6) is 5.75 Å². The van der Waals surface area contributed by atoms with Gasteiger partial charge in [0.25, 0.3) is 0 Å². The van der Waals surface area contributed by atoms with Crippen LogP contribution in [0.1, 0.15) is 26.7 Å². The van der Waals surface area contributed by atoms with E-state index in [1.54, 1.807) is 44.1 Å². The maximum Gasteiger partial charge on any atom is 0.309 e. The highest BCUT2D eigenvalue weighted by Gasteiger charge is 2.30. The third-order valence-electron chi connectivity index (χ3n) is 4.33. The second kappa shape index (κ2) is 8.94. The van der Waals surface area contributed by atoms with E-state index >= 15 is 0 Å². The molecule has 0 bridgehead atoms. The van der Waals surface area contributed by atoms with E-state index in [1.165, 1.54) is 0 Å². The molecule has 138 valence electrons. The SMILES string of the molecule is CCOC(=O)C1CCN(C(=O)[C@H](C)Nc2cc(Cl)ccc2OC)CC1. The average molecular weight is 369 g/mol. The highest BCUT2D eigenvalue weighted by Crippen LogP contribution is 2.28. The number of carbonyl (C=O) groups is 2. The van der Waals surface area contributed by atoms with Gasteiger partial charge in [0.2, 0.25) is 5.91 Å². The highest BCUT2D eigenvalue weighted by atomic mass is 35.5. The van der Waals surface area contributed by atoms with E-state index < -0.39 is 6.04 Å². The van der Waals surface area contributed by atoms with Crippen molar-refractivity contribution < 1.29 is 19.1 Å². The third-order valence-corrected chi connectivity index (χ3v) is 4.57. The molecule has 0 aromatic heterocycles. The Morgan fingerprint density at radius 2 is 2.04 bits per heavy atom. The van der Waals surface area contributed by atoms with E-state index in [9.17, 15) is 9.59 Å². The molecule has 1 atom stereocenters. The van der Waals surface area contributed by atoms with Crippen LogP contribution in [0.4, 0.5) is 5.69 Å². The molecule has 1 aromatic carbocycles. The van der Waals surface area contributed by atoms with Gasteiger partial charge in [0, 0.05) is 18.1 Å². The molecule has 1 heterocycles. The first-order chi connectivity index (χ1) is 12.0. The van der Waals surface area contributed by atoms with Crippen molar-refractivity contribution in [2.75, 3.05) is 32.1 Å². The fourth-order valence-corrected chi connectivity index (χ4v) is 3.13. The monoisotopic (exact) mass is 368 g/mol. The fraction of sp³-hybridized carbons (Fsp3) is 0.556. The van der Waals surface area contributed by atoms with Crippen molar-refractivity contribution in [1.82, 2.24) is 4.90 Å². The van der Waals surface area contributed by atoms with Gasteiger partial charge in [0.15, 0.2) is 0 Å². The first-order valence-electron chi connectivity index (χ1n) is 8.51. The Balaban J connectivity index is 1.93. The Hall–Kier alpha value is -1.95. The zero-order valence-corrected chi connectivity index (χ0v) is 15.6. The number of nitrogens with one attached hydrogen (secondary N) is 1. The van der Waals surface area contributed by atoms with Gasteiger partial charge in [0.1, 0.15) is 11.8 Å². The zero-order chi connectivity index (χ0) is 18.4. The van der Waals surface area contributed by atoms with Crippen LogP contribution in [0.3, 0.4) is 0 Å². The Bertz CT molecular complexity index is 615. The van der Waals surface area contributed by atoms with Crippen molar-refractivity contribution in [1.29, 1.82) is 0 Å². The lowest BCUT2D eigenvalue weighted by Crippen LogP contribution is -2.46. The number of esters is 1. The zero-order valence-electron chi connectivity index (χ0n) is 14.9. The van der Waals surface area contributed by atoms with E-state index in [4.69, 9.17) is 21.1 Å². The number of anilines is 1. The van der Waals surface area contributed by atoms with E-state index in [0.717, 1.165) is 0 Å². The minimum absolute atomic E-state index is 0.00987. The second-order valence-corrected chi connectivity index (χ2v) is 6.50. The quantitative estimate of drug-likeness (QED) is 0.782. The summed E-state index contributed by atoms with van der Waals surface area (Å²) < 4.78 is 10.4. The van der Waals surface area contributed by atoms with Crippen LogP contribution in [-0.2, 0) is 14.3 Å². The first kappa shape index (κ1) is 19.4. The molecule has 2 rings (SSSR count). The smallest absolute Gasteiger partial charge is 0.309 e. The van der Waals surface area contributed by atoms with Gasteiger partial charge in [-0.2, -0.15) is 0 Å². The van der Waals surface area contributed by atoms with E-state index in [-0.39, 0.29) is 17.8 Å². The molecule has 0 saturated carbocycles. The number of carbonyl (C=O) groups excluding carboxylic acids is 2. The molecule has 1 N–H and O–H groups in total. The second-order valence-electron chi connectivity index (χ2n) is 6.06. The van der Waals surface area contributed by atoms with Gasteiger partial charge in [-0.3, -0.25) is 9.59 Å². The minimum atomic E-state index is -0.425. The van der Waals surface area contributed by atoms with Crippen molar-refractivity contribution in [3.63, 3.8) is 0 Å². The molecule has 6 nitrogen and oxygen atoms in total. The van der Waals surface area contributed by atoms with Crippen LogP contribution in [0.25, 0.3) is 0 Å². The van der Waals surface area contributed by atoms with E-state index in [1.807, 2.05) is 0 Å². The number of halogens is 1. The van der Waals surface area contributed by atoms with Crippen molar-refractivity contribution in [3.8, 4) is 5.75 Å². The summed E-state index contributed by atoms with van der Waals surface area (Å²) in [5.41, 5.74) is 0.678. The maximum atomic E-state index is 12.7. The standard InChI is InChI=1S/C18H25ClN2O4/c1-4-25-18(23)13-7-9-21(10-8-13)17(22)12(2)20-15-11-14(19)5-6-16(15)24-3/h5-6,11-13,20H,4,7-10H2,1-3H3/t12-/m0/s1. The molecule has 1 amide bonds. The number of piperidine rings is 1. The number of likely N-dealkylation sites (tertiary alicyclic amines) is 1. The summed E-state index contributed by atoms with van der Waals surface area (Å²) in [6.07, 6.45) is 1.27. The molecule has 0 unspecified atom stereocenters. The number of rotatable bonds is 6. The Labute approximate surface area is 153 Å². The van der Waals surface area contributed by atoms with Gasteiger partial charge < -0.3 is 19.7 Å². The summed E-state index contributed by atoms with van der Waals surface area (Å²) in [6.45, 7) is 5.11. The molecule has 0 radical (unpaired) electrons. The molecule has 1 fully saturated rings. The van der Waals surface area contributed by atoms with Crippen LogP contribution in [0, 0.1) is 5.92 Å². The summed E-state index contributed by atoms with van der Waals surface area (Å²) in [6, 6.07) is 4.80. The minimum Gasteiger partial charge on any atom is -0.495 e. The molecular formula is C18H25ClN2O4. The van der Waals surface area contributed by atoms with Gasteiger partial charge in [-0.25, -0.2) is 0 Å². The Morgan fingerprint density at radius 1 is 1.36 bits per heavy atom. The topological polar surface area (TPSA) is 67.9 Å². The van der Waals surface area contributed by atoms with Crippen LogP contribution >= 0.6 is 11.6 Å². The molecule has 0 aliphatic carbocycles. The maximum absolute atomic E-state index is 12.7. The molecule has 1 aliphatic rings. The summed E-state index contributed by atoms with van der Waals surface area (Å²) in [5, 5.41) is 3.73. The molecule has 1 aromatic rings. The summed E-state index contributed by atoms with van der Waals surface area (Å²) in [4.78, 5) is 26.2. The number of methoxy groups -OCH3 is 1. The summed E-state index contributed by atoms with van der Waals surface area (Å²) in [5.74, 6) is 0.346. The fourth-order valence-electron chi connectivity index (χ4n) is 2.96. The van der Waals surface area contributed by atoms with Crippen molar-refractivity contribution >= 4 is 29.2 Å². The van der Waals surface area contributed by atoms with Crippen LogP contribution in [0.2, 0.25) is 5.02 Å². The summed E-state index contributed by atoms with van der Waals surface area (Å²) in [7, 11) is 1.57.